The minimum atomic E-state index is -1.23. The van der Waals surface area contributed by atoms with Gasteiger partial charge in [0.15, 0.2) is 4.84 Å². The monoisotopic (exact) mass is 278 g/mol. The quantitative estimate of drug-likeness (QED) is 0.521. The number of ether oxygens (including phenoxy) is 1. The maximum atomic E-state index is 11.2. The molecule has 0 aromatic heterocycles. The van der Waals surface area contributed by atoms with Crippen molar-refractivity contribution in [3.05, 3.63) is 28.3 Å². The molecule has 0 aliphatic carbocycles. The lowest BCUT2D eigenvalue weighted by atomic mass is 10.2. The number of non-ortho nitro benzene ring substituents is 1. The minimum absolute atomic E-state index is 0.145. The van der Waals surface area contributed by atoms with Crippen LogP contribution in [0.5, 0.6) is 5.75 Å². The fourth-order valence-electron chi connectivity index (χ4n) is 1.08. The van der Waals surface area contributed by atoms with E-state index in [1.165, 1.54) is 25.3 Å². The van der Waals surface area contributed by atoms with Gasteiger partial charge in [-0.25, -0.2) is 0 Å². The molecule has 0 aliphatic rings. The summed E-state index contributed by atoms with van der Waals surface area (Å²) in [6.07, 6.45) is 0. The van der Waals surface area contributed by atoms with Crippen molar-refractivity contribution in [3.8, 4) is 5.75 Å². The van der Waals surface area contributed by atoms with E-state index in [1.807, 2.05) is 0 Å². The molecule has 6 nitrogen and oxygen atoms in total. The van der Waals surface area contributed by atoms with E-state index < -0.39 is 15.7 Å². The van der Waals surface area contributed by atoms with Crippen LogP contribution < -0.4 is 10.1 Å². The fraction of sp³-hybridized carbons (Fsp3) is 0.222. The number of nitro groups is 1. The van der Waals surface area contributed by atoms with Crippen LogP contribution in [-0.2, 0) is 4.79 Å². The Morgan fingerprint density at radius 2 is 2.18 bits per heavy atom. The van der Waals surface area contributed by atoms with Gasteiger partial charge in [-0.15, -0.1) is 0 Å². The third kappa shape index (κ3) is 3.47. The van der Waals surface area contributed by atoms with E-state index in [0.29, 0.717) is 0 Å². The van der Waals surface area contributed by atoms with Crippen molar-refractivity contribution >= 4 is 40.5 Å². The van der Waals surface area contributed by atoms with Gasteiger partial charge in [0.25, 0.3) is 11.6 Å². The van der Waals surface area contributed by atoms with Crippen LogP contribution in [0.1, 0.15) is 0 Å². The van der Waals surface area contributed by atoms with E-state index in [9.17, 15) is 14.9 Å². The summed E-state index contributed by atoms with van der Waals surface area (Å²) < 4.78 is 4.91. The molecule has 1 amide bonds. The van der Waals surface area contributed by atoms with Crippen molar-refractivity contribution in [2.24, 2.45) is 0 Å². The summed E-state index contributed by atoms with van der Waals surface area (Å²) in [6.45, 7) is 0. The smallest absolute Gasteiger partial charge is 0.273 e. The molecule has 0 aliphatic heterocycles. The molecule has 0 saturated heterocycles. The summed E-state index contributed by atoms with van der Waals surface area (Å²) in [5.74, 6) is -0.484. The Kier molecular flexibility index (Phi) is 4.53. The van der Waals surface area contributed by atoms with Gasteiger partial charge in [0.1, 0.15) is 5.75 Å². The van der Waals surface area contributed by atoms with Crippen LogP contribution in [-0.4, -0.2) is 22.8 Å². The van der Waals surface area contributed by atoms with Gasteiger partial charge < -0.3 is 10.1 Å². The number of halogens is 2. The Hall–Kier alpha value is -1.53. The molecule has 1 rings (SSSR count). The van der Waals surface area contributed by atoms with Crippen molar-refractivity contribution in [2.45, 2.75) is 4.84 Å². The van der Waals surface area contributed by atoms with Crippen LogP contribution >= 0.6 is 23.2 Å². The van der Waals surface area contributed by atoms with E-state index in [2.05, 4.69) is 5.32 Å². The van der Waals surface area contributed by atoms with Crippen molar-refractivity contribution in [3.63, 3.8) is 0 Å². The van der Waals surface area contributed by atoms with Crippen LogP contribution in [0.3, 0.4) is 0 Å². The molecule has 0 unspecified atom stereocenters. The van der Waals surface area contributed by atoms with Crippen LogP contribution in [0.2, 0.25) is 0 Å². The van der Waals surface area contributed by atoms with E-state index in [1.54, 1.807) is 0 Å². The molecule has 0 bridgehead atoms. The number of hydrogen-bond acceptors (Lipinski definition) is 4. The Morgan fingerprint density at radius 1 is 1.53 bits per heavy atom. The van der Waals surface area contributed by atoms with E-state index >= 15 is 0 Å². The number of benzene rings is 1. The maximum absolute atomic E-state index is 11.2. The molecule has 8 heteroatoms. The van der Waals surface area contributed by atoms with Crippen LogP contribution in [0.25, 0.3) is 0 Å². The molecule has 0 heterocycles. The molecular weight excluding hydrogens is 271 g/mol. The van der Waals surface area contributed by atoms with Crippen LogP contribution in [0, 0.1) is 10.1 Å². The van der Waals surface area contributed by atoms with Gasteiger partial charge in [-0.05, 0) is 6.07 Å². The third-order valence-electron chi connectivity index (χ3n) is 1.85. The minimum Gasteiger partial charge on any atom is -0.494 e. The molecular formula is C9H8Cl2N2O4. The highest BCUT2D eigenvalue weighted by Gasteiger charge is 2.16. The number of nitro benzene ring substituents is 1. The second-order valence-corrected chi connectivity index (χ2v) is 4.03. The number of nitrogens with one attached hydrogen (secondary N) is 1. The first kappa shape index (κ1) is 13.5. The number of hydrogen-bond donors (Lipinski definition) is 1. The van der Waals surface area contributed by atoms with Gasteiger partial charge in [0, 0.05) is 6.07 Å². The lowest BCUT2D eigenvalue weighted by Gasteiger charge is -2.09. The molecule has 0 saturated carbocycles. The summed E-state index contributed by atoms with van der Waals surface area (Å²) in [5.41, 5.74) is 0.113. The maximum Gasteiger partial charge on any atom is 0.273 e. The Bertz CT molecular complexity index is 451. The van der Waals surface area contributed by atoms with Crippen molar-refractivity contribution in [2.75, 3.05) is 12.4 Å². The number of carbonyl (C=O) groups excluding carboxylic acids is 1. The highest BCUT2D eigenvalue weighted by molar-refractivity contribution is 6.54. The first-order valence-corrected chi connectivity index (χ1v) is 5.24. The van der Waals surface area contributed by atoms with E-state index in [-0.39, 0.29) is 17.1 Å². The number of nitrogens with zero attached hydrogens (tertiary/aromatic N) is 1. The van der Waals surface area contributed by atoms with Gasteiger partial charge in [0.05, 0.1) is 23.8 Å². The number of carbonyl (C=O) groups is 1. The third-order valence-corrected chi connectivity index (χ3v) is 2.25. The number of methoxy groups -OCH3 is 1. The molecule has 17 heavy (non-hydrogen) atoms. The van der Waals surface area contributed by atoms with Gasteiger partial charge >= 0.3 is 0 Å². The zero-order valence-corrected chi connectivity index (χ0v) is 10.2. The Balaban J connectivity index is 3.01. The Labute approximate surface area is 107 Å². The van der Waals surface area contributed by atoms with Crippen molar-refractivity contribution in [1.82, 2.24) is 0 Å². The second kappa shape index (κ2) is 5.70. The normalized spacial score (nSPS) is 10.1. The number of alkyl halides is 2. The van der Waals surface area contributed by atoms with Gasteiger partial charge in [0.2, 0.25) is 0 Å². The largest absolute Gasteiger partial charge is 0.494 e. The lowest BCUT2D eigenvalue weighted by Crippen LogP contribution is -2.19. The summed E-state index contributed by atoms with van der Waals surface area (Å²) >= 11 is 10.7. The van der Waals surface area contributed by atoms with Crippen LogP contribution in [0.4, 0.5) is 11.4 Å². The molecule has 0 spiro atoms. The topological polar surface area (TPSA) is 81.5 Å². The Morgan fingerprint density at radius 3 is 2.65 bits per heavy atom. The highest BCUT2D eigenvalue weighted by Crippen LogP contribution is 2.29. The van der Waals surface area contributed by atoms with Gasteiger partial charge in [-0.2, -0.15) is 0 Å². The fourth-order valence-corrected chi connectivity index (χ4v) is 1.19. The molecule has 0 fully saturated rings. The molecule has 1 aromatic rings. The zero-order chi connectivity index (χ0) is 13.0. The second-order valence-electron chi connectivity index (χ2n) is 2.93. The number of amides is 1. The zero-order valence-electron chi connectivity index (χ0n) is 8.65. The first-order valence-electron chi connectivity index (χ1n) is 4.37. The first-order chi connectivity index (χ1) is 7.95. The lowest BCUT2D eigenvalue weighted by molar-refractivity contribution is -0.384. The number of rotatable bonds is 4. The van der Waals surface area contributed by atoms with Gasteiger partial charge in [-0.3, -0.25) is 14.9 Å². The predicted molar refractivity (Wildman–Crippen MR) is 63.8 cm³/mol. The number of anilines is 1. The van der Waals surface area contributed by atoms with Crippen molar-refractivity contribution in [1.29, 1.82) is 0 Å². The summed E-state index contributed by atoms with van der Waals surface area (Å²) in [4.78, 5) is 20.0. The summed E-state index contributed by atoms with van der Waals surface area (Å²) in [7, 11) is 1.33. The van der Waals surface area contributed by atoms with E-state index in [0.717, 1.165) is 0 Å². The van der Waals surface area contributed by atoms with Gasteiger partial charge in [-0.1, -0.05) is 23.2 Å². The standard InChI is InChI=1S/C9H8Cl2N2O4/c1-17-7-4-5(13(15)16)2-3-6(7)12-9(14)8(10)11/h2-4,8H,1H3,(H,12,14). The van der Waals surface area contributed by atoms with Crippen molar-refractivity contribution < 1.29 is 14.5 Å². The van der Waals surface area contributed by atoms with E-state index in [4.69, 9.17) is 27.9 Å². The summed E-state index contributed by atoms with van der Waals surface area (Å²) in [6, 6.07) is 3.76. The SMILES string of the molecule is COc1cc([N+](=O)[O-])ccc1NC(=O)C(Cl)Cl. The molecule has 0 atom stereocenters. The summed E-state index contributed by atoms with van der Waals surface area (Å²) in [5, 5.41) is 12.9. The molecule has 92 valence electrons. The average molecular weight is 279 g/mol. The van der Waals surface area contributed by atoms with Crippen LogP contribution in [0.15, 0.2) is 18.2 Å². The highest BCUT2D eigenvalue weighted by atomic mass is 35.5. The molecule has 1 aromatic carbocycles. The average Bonchev–Trinajstić information content (AvgIpc) is 2.28. The molecule has 0 radical (unpaired) electrons. The predicted octanol–water partition coefficient (Wildman–Crippen LogP) is 2.35. The molecule has 1 N–H and O–H groups in total.